The number of aromatic nitrogens is 3. The van der Waals surface area contributed by atoms with E-state index in [4.69, 9.17) is 14.2 Å². The van der Waals surface area contributed by atoms with Gasteiger partial charge in [-0.15, -0.1) is 0 Å². The molecule has 44 heavy (non-hydrogen) atoms. The fourth-order valence-electron chi connectivity index (χ4n) is 4.60. The van der Waals surface area contributed by atoms with Gasteiger partial charge in [0.25, 0.3) is 11.2 Å². The number of non-ortho nitro benzene ring substituents is 1. The summed E-state index contributed by atoms with van der Waals surface area (Å²) in [5.41, 5.74) is 0.943. The number of nitro benzene ring substituents is 1. The van der Waals surface area contributed by atoms with Crippen LogP contribution in [0.15, 0.2) is 84.4 Å². The zero-order chi connectivity index (χ0) is 31.5. The molecule has 15 heteroatoms. The van der Waals surface area contributed by atoms with Crippen LogP contribution in [-0.4, -0.2) is 46.3 Å². The molecule has 2 aromatic carbocycles. The Labute approximate surface area is 267 Å². The van der Waals surface area contributed by atoms with Crippen molar-refractivity contribution in [1.82, 2.24) is 14.5 Å². The number of methoxy groups -OCH3 is 2. The second-order valence-electron chi connectivity index (χ2n) is 9.14. The number of hydrogen-bond donors (Lipinski definition) is 0. The molecule has 0 saturated heterocycles. The van der Waals surface area contributed by atoms with Gasteiger partial charge in [0.05, 0.1) is 47.6 Å². The fourth-order valence-corrected chi connectivity index (χ4v) is 6.97. The molecule has 226 valence electrons. The summed E-state index contributed by atoms with van der Waals surface area (Å²) < 4.78 is 18.6. The van der Waals surface area contributed by atoms with Crippen molar-refractivity contribution in [3.05, 3.63) is 105 Å². The molecule has 0 unspecified atom stereocenters. The minimum Gasteiger partial charge on any atom is -0.493 e. The van der Waals surface area contributed by atoms with Crippen LogP contribution in [0.5, 0.6) is 11.5 Å². The lowest BCUT2D eigenvalue weighted by Gasteiger charge is -2.26. The molecular formula is C29H24BrN5O7S2. The maximum Gasteiger partial charge on any atom is 0.338 e. The molecule has 0 N–H and O–H groups in total. The van der Waals surface area contributed by atoms with E-state index < -0.39 is 22.5 Å². The Hall–Kier alpha value is -4.34. The molecule has 0 spiro atoms. The highest BCUT2D eigenvalue weighted by molar-refractivity contribution is 9.10. The quantitative estimate of drug-likeness (QED) is 0.106. The lowest BCUT2D eigenvalue weighted by Crippen LogP contribution is -2.40. The lowest BCUT2D eigenvalue weighted by atomic mass is 9.95. The number of halogens is 1. The molecular weight excluding hydrogens is 674 g/mol. The number of carbonyl (C=O) groups excluding carboxylic acids is 1. The van der Waals surface area contributed by atoms with Crippen LogP contribution in [0.25, 0.3) is 6.08 Å². The molecule has 1 aliphatic heterocycles. The number of nitrogens with zero attached hydrogens (tertiary/aromatic N) is 5. The molecule has 1 aliphatic rings. The number of allylic oxidation sites excluding steroid dienone is 1. The van der Waals surface area contributed by atoms with E-state index in [9.17, 15) is 19.7 Å². The van der Waals surface area contributed by atoms with E-state index >= 15 is 0 Å². The van der Waals surface area contributed by atoms with Crippen LogP contribution < -0.4 is 24.4 Å². The van der Waals surface area contributed by atoms with E-state index in [1.165, 1.54) is 42.7 Å². The van der Waals surface area contributed by atoms with Gasteiger partial charge in [-0.2, -0.15) is 0 Å². The normalized spacial score (nSPS) is 14.6. The number of nitro groups is 1. The van der Waals surface area contributed by atoms with Crippen molar-refractivity contribution in [3.8, 4) is 11.5 Å². The molecule has 0 fully saturated rings. The summed E-state index contributed by atoms with van der Waals surface area (Å²) in [6.07, 6.45) is 4.76. The molecule has 0 bridgehead atoms. The van der Waals surface area contributed by atoms with Gasteiger partial charge in [0, 0.05) is 33.9 Å². The van der Waals surface area contributed by atoms with Crippen LogP contribution in [-0.2, 0) is 9.53 Å². The van der Waals surface area contributed by atoms with Gasteiger partial charge in [-0.05, 0) is 67.1 Å². The standard InChI is InChI=1S/C29H24BrN5O7S2/c1-5-42-27(37)24-15(2)33-29-34(25(24)18-13-20(40-3)21(41-4)14-19(18)30)26(36)23(44-29)12-16-11-17(35(38)39)7-8-22(16)43-28-31-9-6-10-32-28/h6-14,25H,5H2,1-4H3/b23-12+/t25-/m1/s1. The molecule has 0 radical (unpaired) electrons. The highest BCUT2D eigenvalue weighted by Gasteiger charge is 2.35. The van der Waals surface area contributed by atoms with Crippen LogP contribution in [0.1, 0.15) is 31.0 Å². The van der Waals surface area contributed by atoms with Crippen molar-refractivity contribution in [1.29, 1.82) is 0 Å². The Balaban J connectivity index is 1.75. The van der Waals surface area contributed by atoms with Gasteiger partial charge in [0.1, 0.15) is 0 Å². The first-order valence-corrected chi connectivity index (χ1v) is 15.4. The zero-order valence-corrected chi connectivity index (χ0v) is 27.0. The van der Waals surface area contributed by atoms with Gasteiger partial charge in [-0.1, -0.05) is 27.3 Å². The number of hydrogen-bond acceptors (Lipinski definition) is 12. The monoisotopic (exact) mass is 697 g/mol. The first-order chi connectivity index (χ1) is 21.2. The second kappa shape index (κ2) is 13.1. The topological polar surface area (TPSA) is 148 Å². The minimum atomic E-state index is -0.932. The van der Waals surface area contributed by atoms with Gasteiger partial charge in [0.2, 0.25) is 0 Å². The Morgan fingerprint density at radius 3 is 2.55 bits per heavy atom. The number of rotatable bonds is 9. The first kappa shape index (κ1) is 31.1. The Morgan fingerprint density at radius 2 is 1.89 bits per heavy atom. The number of esters is 1. The Kier molecular flexibility index (Phi) is 9.27. The molecule has 0 saturated carbocycles. The second-order valence-corrected chi connectivity index (χ2v) is 12.0. The molecule has 5 rings (SSSR count). The van der Waals surface area contributed by atoms with Gasteiger partial charge in [-0.3, -0.25) is 19.5 Å². The molecule has 4 aromatic rings. The zero-order valence-electron chi connectivity index (χ0n) is 23.8. The van der Waals surface area contributed by atoms with Gasteiger partial charge >= 0.3 is 5.97 Å². The molecule has 0 amide bonds. The SMILES string of the molecule is CCOC(=O)C1=C(C)N=c2s/c(=C/c3cc([N+](=O)[O-])ccc3Sc3ncccn3)c(=O)n2[C@@H]1c1cc(OC)c(OC)cc1Br. The minimum absolute atomic E-state index is 0.123. The Bertz CT molecular complexity index is 1990. The van der Waals surface area contributed by atoms with E-state index in [0.717, 1.165) is 11.3 Å². The summed E-state index contributed by atoms with van der Waals surface area (Å²) in [6, 6.07) is 8.50. The summed E-state index contributed by atoms with van der Waals surface area (Å²) in [5.74, 6) is 0.231. The van der Waals surface area contributed by atoms with Crippen LogP contribution >= 0.6 is 39.0 Å². The van der Waals surface area contributed by atoms with Gasteiger partial charge < -0.3 is 14.2 Å². The average Bonchev–Trinajstić information content (AvgIpc) is 3.31. The first-order valence-electron chi connectivity index (χ1n) is 13.0. The van der Waals surface area contributed by atoms with E-state index in [1.807, 2.05) is 0 Å². The smallest absolute Gasteiger partial charge is 0.338 e. The van der Waals surface area contributed by atoms with Crippen molar-refractivity contribution in [2.24, 2.45) is 4.99 Å². The number of thiazole rings is 1. The summed E-state index contributed by atoms with van der Waals surface area (Å²) >= 11 is 5.89. The number of ether oxygens (including phenoxy) is 3. The maximum absolute atomic E-state index is 14.2. The van der Waals surface area contributed by atoms with E-state index in [-0.39, 0.29) is 22.4 Å². The highest BCUT2D eigenvalue weighted by Crippen LogP contribution is 2.41. The summed E-state index contributed by atoms with van der Waals surface area (Å²) in [4.78, 5) is 52.6. The summed E-state index contributed by atoms with van der Waals surface area (Å²) in [6.45, 7) is 3.50. The molecule has 1 atom stereocenters. The number of benzene rings is 2. The third-order valence-corrected chi connectivity index (χ3v) is 9.20. The summed E-state index contributed by atoms with van der Waals surface area (Å²) in [7, 11) is 3.00. The fraction of sp³-hybridized carbons (Fsp3) is 0.207. The Morgan fingerprint density at radius 1 is 1.18 bits per heavy atom. The lowest BCUT2D eigenvalue weighted by molar-refractivity contribution is -0.384. The number of fused-ring (bicyclic) bond motifs is 1. The third-order valence-electron chi connectivity index (χ3n) is 6.55. The van der Waals surface area contributed by atoms with Crippen LogP contribution in [0.3, 0.4) is 0 Å². The number of carbonyl (C=O) groups is 1. The third kappa shape index (κ3) is 6.02. The van der Waals surface area contributed by atoms with E-state index in [0.29, 0.717) is 47.6 Å². The predicted molar refractivity (Wildman–Crippen MR) is 167 cm³/mol. The van der Waals surface area contributed by atoms with E-state index in [2.05, 4.69) is 30.9 Å². The van der Waals surface area contributed by atoms with Crippen molar-refractivity contribution >= 4 is 56.8 Å². The van der Waals surface area contributed by atoms with E-state index in [1.54, 1.807) is 56.6 Å². The molecule has 0 aliphatic carbocycles. The maximum atomic E-state index is 14.2. The molecule has 2 aromatic heterocycles. The average molecular weight is 699 g/mol. The van der Waals surface area contributed by atoms with Gasteiger partial charge in [-0.25, -0.2) is 19.8 Å². The summed E-state index contributed by atoms with van der Waals surface area (Å²) in [5, 5.41) is 12.1. The molecule has 12 nitrogen and oxygen atoms in total. The van der Waals surface area contributed by atoms with Crippen molar-refractivity contribution < 1.29 is 23.9 Å². The largest absolute Gasteiger partial charge is 0.493 e. The van der Waals surface area contributed by atoms with Crippen LogP contribution in [0.2, 0.25) is 0 Å². The highest BCUT2D eigenvalue weighted by atomic mass is 79.9. The predicted octanol–water partition coefficient (Wildman–Crippen LogP) is 4.43. The van der Waals surface area contributed by atoms with Crippen molar-refractivity contribution in [2.75, 3.05) is 20.8 Å². The van der Waals surface area contributed by atoms with Crippen LogP contribution in [0.4, 0.5) is 5.69 Å². The molecule has 3 heterocycles. The van der Waals surface area contributed by atoms with Crippen molar-refractivity contribution in [3.63, 3.8) is 0 Å². The van der Waals surface area contributed by atoms with Crippen molar-refractivity contribution in [2.45, 2.75) is 29.9 Å². The van der Waals surface area contributed by atoms with Crippen LogP contribution in [0, 0.1) is 10.1 Å². The van der Waals surface area contributed by atoms with Gasteiger partial charge in [0.15, 0.2) is 21.5 Å².